The summed E-state index contributed by atoms with van der Waals surface area (Å²) in [4.78, 5) is 15.4. The van der Waals surface area contributed by atoms with Crippen LogP contribution in [0.1, 0.15) is 60.6 Å². The van der Waals surface area contributed by atoms with Crippen molar-refractivity contribution in [2.45, 2.75) is 51.4 Å². The Labute approximate surface area is 170 Å². The monoisotopic (exact) mass is 393 g/mol. The van der Waals surface area contributed by atoms with Gasteiger partial charge in [-0.05, 0) is 32.8 Å². The number of carbonyl (C=O) groups is 1. The molecule has 7 nitrogen and oxygen atoms in total. The van der Waals surface area contributed by atoms with Crippen molar-refractivity contribution in [3.63, 3.8) is 0 Å². The van der Waals surface area contributed by atoms with E-state index in [-0.39, 0.29) is 18.1 Å². The molecule has 1 amide bonds. The summed E-state index contributed by atoms with van der Waals surface area (Å²) in [6.45, 7) is 5.54. The highest BCUT2D eigenvalue weighted by Crippen LogP contribution is 2.33. The summed E-state index contributed by atoms with van der Waals surface area (Å²) in [7, 11) is 1.87. The second kappa shape index (κ2) is 6.99. The summed E-state index contributed by atoms with van der Waals surface area (Å²) in [5, 5.41) is 10.4. The minimum atomic E-state index is -0.0691. The zero-order valence-corrected chi connectivity index (χ0v) is 17.2. The van der Waals surface area contributed by atoms with Crippen LogP contribution in [-0.4, -0.2) is 49.6 Å². The third-order valence-electron chi connectivity index (χ3n) is 6.29. The van der Waals surface area contributed by atoms with Crippen LogP contribution in [-0.2, 0) is 18.2 Å². The van der Waals surface area contributed by atoms with E-state index >= 15 is 0 Å². The van der Waals surface area contributed by atoms with Crippen molar-refractivity contribution in [1.29, 1.82) is 0 Å². The first-order chi connectivity index (χ1) is 14.0. The highest BCUT2D eigenvalue weighted by Gasteiger charge is 2.34. The Morgan fingerprint density at radius 3 is 2.72 bits per heavy atom. The average Bonchev–Trinajstić information content (AvgIpc) is 3.29. The maximum atomic E-state index is 13.4. The van der Waals surface area contributed by atoms with Gasteiger partial charge < -0.3 is 9.64 Å². The summed E-state index contributed by atoms with van der Waals surface area (Å²) in [5.74, 6) is 0.0892. The maximum Gasteiger partial charge on any atom is 0.272 e. The van der Waals surface area contributed by atoms with Crippen LogP contribution in [0, 0.1) is 0 Å². The molecule has 0 aliphatic carbocycles. The third-order valence-corrected chi connectivity index (χ3v) is 6.29. The number of rotatable bonds is 2. The number of ether oxygens (including phenoxy) is 1. The number of hydrogen-bond donors (Lipinski definition) is 0. The van der Waals surface area contributed by atoms with Crippen molar-refractivity contribution in [3.8, 4) is 0 Å². The van der Waals surface area contributed by atoms with Crippen LogP contribution >= 0.6 is 0 Å². The number of para-hydroxylation sites is 1. The molecule has 0 bridgehead atoms. The number of benzene rings is 1. The molecule has 2 aliphatic rings. The quantitative estimate of drug-likeness (QED) is 0.670. The van der Waals surface area contributed by atoms with Crippen LogP contribution in [0.4, 0.5) is 0 Å². The third kappa shape index (κ3) is 3.04. The van der Waals surface area contributed by atoms with Gasteiger partial charge in [0.25, 0.3) is 5.91 Å². The topological polar surface area (TPSA) is 65.2 Å². The van der Waals surface area contributed by atoms with Crippen molar-refractivity contribution in [2.24, 2.45) is 7.05 Å². The first-order valence-corrected chi connectivity index (χ1v) is 10.5. The molecule has 2 aromatic heterocycles. The largest absolute Gasteiger partial charge is 0.369 e. The van der Waals surface area contributed by atoms with Gasteiger partial charge in [-0.15, -0.1) is 0 Å². The highest BCUT2D eigenvalue weighted by atomic mass is 16.5. The summed E-state index contributed by atoms with van der Waals surface area (Å²) in [6.07, 6.45) is 4.52. The van der Waals surface area contributed by atoms with Gasteiger partial charge in [0.05, 0.1) is 35.7 Å². The van der Waals surface area contributed by atoms with Crippen LogP contribution < -0.4 is 0 Å². The number of amides is 1. The Hall–Kier alpha value is -2.67. The first-order valence-electron chi connectivity index (χ1n) is 10.5. The lowest BCUT2D eigenvalue weighted by molar-refractivity contribution is -0.00715. The van der Waals surface area contributed by atoms with Crippen molar-refractivity contribution in [1.82, 2.24) is 24.5 Å². The van der Waals surface area contributed by atoms with Crippen molar-refractivity contribution in [2.75, 3.05) is 13.1 Å². The Bertz CT molecular complexity index is 1060. The number of aromatic nitrogens is 4. The summed E-state index contributed by atoms with van der Waals surface area (Å²) in [5.41, 5.74) is 3.86. The van der Waals surface area contributed by atoms with Gasteiger partial charge >= 0.3 is 0 Å². The molecule has 4 heterocycles. The number of likely N-dealkylation sites (tertiary alicyclic amines) is 1. The molecule has 7 heteroatoms. The lowest BCUT2D eigenvalue weighted by atomic mass is 9.98. The predicted octanol–water partition coefficient (Wildman–Crippen LogP) is 3.27. The van der Waals surface area contributed by atoms with Gasteiger partial charge in [-0.3, -0.25) is 14.2 Å². The second-order valence-corrected chi connectivity index (χ2v) is 8.30. The van der Waals surface area contributed by atoms with Crippen LogP contribution in [0.2, 0.25) is 0 Å². The lowest BCUT2D eigenvalue weighted by Crippen LogP contribution is -2.40. The molecule has 152 valence electrons. The molecule has 1 aromatic carbocycles. The molecule has 1 fully saturated rings. The lowest BCUT2D eigenvalue weighted by Gasteiger charge is -2.33. The Balaban J connectivity index is 1.35. The molecule has 0 radical (unpaired) electrons. The van der Waals surface area contributed by atoms with E-state index < -0.39 is 0 Å². The summed E-state index contributed by atoms with van der Waals surface area (Å²) >= 11 is 0. The Kier molecular flexibility index (Phi) is 4.42. The zero-order chi connectivity index (χ0) is 20.1. The molecule has 2 aliphatic heterocycles. The van der Waals surface area contributed by atoms with E-state index in [1.165, 1.54) is 5.52 Å². The number of aryl methyl sites for hydroxylation is 1. The molecule has 0 N–H and O–H groups in total. The number of fused-ring (bicyclic) bond motifs is 2. The molecule has 5 rings (SSSR count). The van der Waals surface area contributed by atoms with Crippen LogP contribution in [0.3, 0.4) is 0 Å². The van der Waals surface area contributed by atoms with E-state index in [2.05, 4.69) is 40.0 Å². The SMILES string of the molecule is C[C@@H]1Cc2c(nn(C)c2C(=O)N2CCC(n3ncc4ccccc43)CC2)[C@H](C)O1. The molecule has 29 heavy (non-hydrogen) atoms. The fourth-order valence-corrected chi connectivity index (χ4v) is 4.88. The van der Waals surface area contributed by atoms with Crippen molar-refractivity contribution >= 4 is 16.8 Å². The molecule has 1 saturated heterocycles. The molecule has 3 aromatic rings. The Morgan fingerprint density at radius 2 is 1.93 bits per heavy atom. The van der Waals surface area contributed by atoms with Crippen molar-refractivity contribution < 1.29 is 9.53 Å². The maximum absolute atomic E-state index is 13.4. The average molecular weight is 393 g/mol. The fourth-order valence-electron chi connectivity index (χ4n) is 4.88. The molecule has 0 spiro atoms. The molecule has 0 saturated carbocycles. The zero-order valence-electron chi connectivity index (χ0n) is 17.2. The van der Waals surface area contributed by atoms with Gasteiger partial charge in [-0.2, -0.15) is 10.2 Å². The van der Waals surface area contributed by atoms with E-state index in [4.69, 9.17) is 4.74 Å². The van der Waals surface area contributed by atoms with E-state index in [0.29, 0.717) is 6.04 Å². The second-order valence-electron chi connectivity index (χ2n) is 8.30. The summed E-state index contributed by atoms with van der Waals surface area (Å²) in [6, 6.07) is 8.63. The number of hydrogen-bond acceptors (Lipinski definition) is 4. The van der Waals surface area contributed by atoms with Crippen LogP contribution in [0.5, 0.6) is 0 Å². The highest BCUT2D eigenvalue weighted by molar-refractivity contribution is 5.94. The van der Waals surface area contributed by atoms with Crippen molar-refractivity contribution in [3.05, 3.63) is 47.4 Å². The molecule has 0 unspecified atom stereocenters. The standard InChI is InChI=1S/C22H27N5O2/c1-14-12-18-20(15(2)29-14)24-25(3)21(18)22(28)26-10-8-17(9-11-26)27-19-7-5-4-6-16(19)13-23-27/h4-7,13-15,17H,8-12H2,1-3H3/t14-,15+/m1/s1. The predicted molar refractivity (Wildman–Crippen MR) is 110 cm³/mol. The molecular weight excluding hydrogens is 366 g/mol. The van der Waals surface area contributed by atoms with Gasteiger partial charge in [0.2, 0.25) is 0 Å². The van der Waals surface area contributed by atoms with E-state index in [9.17, 15) is 4.79 Å². The van der Waals surface area contributed by atoms with Crippen LogP contribution in [0.25, 0.3) is 10.9 Å². The van der Waals surface area contributed by atoms with E-state index in [1.807, 2.05) is 31.1 Å². The normalized spacial score (nSPS) is 22.8. The molecule has 2 atom stereocenters. The minimum Gasteiger partial charge on any atom is -0.369 e. The number of nitrogens with zero attached hydrogens (tertiary/aromatic N) is 5. The van der Waals surface area contributed by atoms with Gasteiger partial charge in [-0.1, -0.05) is 18.2 Å². The van der Waals surface area contributed by atoms with Gasteiger partial charge in [-0.25, -0.2) is 0 Å². The first kappa shape index (κ1) is 18.4. The Morgan fingerprint density at radius 1 is 1.17 bits per heavy atom. The fraction of sp³-hybridized carbons (Fsp3) is 0.500. The number of carbonyl (C=O) groups excluding carboxylic acids is 1. The summed E-state index contributed by atoms with van der Waals surface area (Å²) < 4.78 is 9.76. The van der Waals surface area contributed by atoms with Gasteiger partial charge in [0.15, 0.2) is 0 Å². The van der Waals surface area contributed by atoms with Gasteiger partial charge in [0.1, 0.15) is 5.69 Å². The smallest absolute Gasteiger partial charge is 0.272 e. The molecular formula is C22H27N5O2. The van der Waals surface area contributed by atoms with E-state index in [0.717, 1.165) is 54.7 Å². The van der Waals surface area contributed by atoms with E-state index in [1.54, 1.807) is 4.68 Å². The number of piperidine rings is 1. The minimum absolute atomic E-state index is 0.0691. The van der Waals surface area contributed by atoms with Gasteiger partial charge in [0, 0.05) is 37.5 Å². The van der Waals surface area contributed by atoms with Crippen LogP contribution in [0.15, 0.2) is 30.5 Å².